The van der Waals surface area contributed by atoms with E-state index in [9.17, 15) is 8.78 Å². The first-order valence-electron chi connectivity index (χ1n) is 6.33. The van der Waals surface area contributed by atoms with E-state index in [1.165, 1.54) is 0 Å². The molecule has 0 saturated heterocycles. The number of aromatic nitrogens is 3. The molecule has 8 heteroatoms. The van der Waals surface area contributed by atoms with Crippen molar-refractivity contribution in [1.82, 2.24) is 15.0 Å². The normalized spacial score (nSPS) is 10.7. The number of benzene rings is 1. The second-order valence-electron chi connectivity index (χ2n) is 4.04. The van der Waals surface area contributed by atoms with Crippen LogP contribution in [0.25, 0.3) is 0 Å². The van der Waals surface area contributed by atoms with Gasteiger partial charge in [0.2, 0.25) is 11.2 Å². The molecule has 21 heavy (non-hydrogen) atoms. The molecule has 0 fully saturated rings. The van der Waals surface area contributed by atoms with Crippen LogP contribution in [0.4, 0.5) is 14.7 Å². The molecule has 0 spiro atoms. The molecule has 4 nitrogen and oxygen atoms in total. The molecule has 2 aromatic rings. The summed E-state index contributed by atoms with van der Waals surface area (Å²) < 4.78 is 26.8. The number of hydrogen-bond donors (Lipinski definition) is 0. The van der Waals surface area contributed by atoms with Gasteiger partial charge in [-0.2, -0.15) is 15.0 Å². The smallest absolute Gasteiger partial charge is 0.230 e. The van der Waals surface area contributed by atoms with Crippen LogP contribution >= 0.6 is 23.4 Å². The molecule has 0 aliphatic carbocycles. The van der Waals surface area contributed by atoms with Crippen molar-refractivity contribution < 1.29 is 8.78 Å². The van der Waals surface area contributed by atoms with Gasteiger partial charge in [0.05, 0.1) is 4.90 Å². The molecule has 1 heterocycles. The lowest BCUT2D eigenvalue weighted by Crippen LogP contribution is -2.24. The second kappa shape index (κ2) is 7.00. The van der Waals surface area contributed by atoms with Crippen LogP contribution in [0.2, 0.25) is 5.28 Å². The quantitative estimate of drug-likeness (QED) is 0.834. The van der Waals surface area contributed by atoms with Crippen LogP contribution in [-0.4, -0.2) is 28.0 Å². The molecule has 0 atom stereocenters. The monoisotopic (exact) mass is 330 g/mol. The van der Waals surface area contributed by atoms with Crippen LogP contribution in [0.3, 0.4) is 0 Å². The van der Waals surface area contributed by atoms with Gasteiger partial charge in [-0.25, -0.2) is 8.78 Å². The fourth-order valence-electron chi connectivity index (χ4n) is 1.67. The topological polar surface area (TPSA) is 41.9 Å². The second-order valence-corrected chi connectivity index (χ2v) is 5.38. The van der Waals surface area contributed by atoms with Crippen molar-refractivity contribution in [2.75, 3.05) is 18.0 Å². The maximum atomic E-state index is 13.6. The van der Waals surface area contributed by atoms with Crippen LogP contribution in [0.15, 0.2) is 28.3 Å². The highest BCUT2D eigenvalue weighted by molar-refractivity contribution is 7.99. The van der Waals surface area contributed by atoms with E-state index in [0.29, 0.717) is 19.0 Å². The van der Waals surface area contributed by atoms with Gasteiger partial charge >= 0.3 is 0 Å². The van der Waals surface area contributed by atoms with E-state index in [2.05, 4.69) is 15.0 Å². The SMILES string of the molecule is CCN(CC)c1nc(Cl)nc(Sc2cc(F)ccc2F)n1. The van der Waals surface area contributed by atoms with Crippen molar-refractivity contribution in [2.45, 2.75) is 23.9 Å². The Hall–Kier alpha value is -1.47. The summed E-state index contributed by atoms with van der Waals surface area (Å²) in [5.74, 6) is -0.648. The summed E-state index contributed by atoms with van der Waals surface area (Å²) in [6, 6.07) is 3.21. The zero-order chi connectivity index (χ0) is 15.4. The molecule has 1 aromatic carbocycles. The predicted molar refractivity (Wildman–Crippen MR) is 78.9 cm³/mol. The van der Waals surface area contributed by atoms with Gasteiger partial charge in [0.25, 0.3) is 0 Å². The maximum absolute atomic E-state index is 13.6. The molecule has 0 saturated carbocycles. The Bertz CT molecular complexity index is 638. The molecular formula is C13H13ClF2N4S. The third-order valence-electron chi connectivity index (χ3n) is 2.72. The van der Waals surface area contributed by atoms with E-state index < -0.39 is 11.6 Å². The Morgan fingerprint density at radius 1 is 1.14 bits per heavy atom. The summed E-state index contributed by atoms with van der Waals surface area (Å²) in [7, 11) is 0. The van der Waals surface area contributed by atoms with E-state index in [0.717, 1.165) is 30.0 Å². The summed E-state index contributed by atoms with van der Waals surface area (Å²) in [5, 5.41) is 0.243. The first kappa shape index (κ1) is 15.9. The first-order chi connectivity index (χ1) is 10.0. The Morgan fingerprint density at radius 2 is 1.86 bits per heavy atom. The van der Waals surface area contributed by atoms with Gasteiger partial charge in [-0.15, -0.1) is 0 Å². The Labute approximate surface area is 130 Å². The molecule has 0 aliphatic rings. The predicted octanol–water partition coefficient (Wildman–Crippen LogP) is 3.80. The van der Waals surface area contributed by atoms with Crippen LogP contribution in [0.5, 0.6) is 0 Å². The number of nitrogens with zero attached hydrogens (tertiary/aromatic N) is 4. The van der Waals surface area contributed by atoms with E-state index in [-0.39, 0.29) is 15.3 Å². The minimum Gasteiger partial charge on any atom is -0.341 e. The largest absolute Gasteiger partial charge is 0.341 e. The lowest BCUT2D eigenvalue weighted by molar-refractivity contribution is 0.577. The summed E-state index contributed by atoms with van der Waals surface area (Å²) in [5.41, 5.74) is 0. The van der Waals surface area contributed by atoms with Crippen molar-refractivity contribution in [3.63, 3.8) is 0 Å². The lowest BCUT2D eigenvalue weighted by atomic mass is 10.3. The Kier molecular flexibility index (Phi) is 5.30. The average molecular weight is 331 g/mol. The minimum absolute atomic E-state index is 0.0196. The highest BCUT2D eigenvalue weighted by Gasteiger charge is 2.13. The number of halogens is 3. The fraction of sp³-hybridized carbons (Fsp3) is 0.308. The molecule has 0 N–H and O–H groups in total. The Balaban J connectivity index is 2.34. The van der Waals surface area contributed by atoms with Crippen LogP contribution in [-0.2, 0) is 0 Å². The van der Waals surface area contributed by atoms with E-state index in [1.54, 1.807) is 0 Å². The molecule has 0 bridgehead atoms. The molecule has 112 valence electrons. The fourth-order valence-corrected chi connectivity index (χ4v) is 2.67. The van der Waals surface area contributed by atoms with Gasteiger partial charge in [0.15, 0.2) is 5.16 Å². The third-order valence-corrected chi connectivity index (χ3v) is 3.78. The minimum atomic E-state index is -0.540. The summed E-state index contributed by atoms with van der Waals surface area (Å²) >= 11 is 6.78. The van der Waals surface area contributed by atoms with Gasteiger partial charge in [-0.1, -0.05) is 0 Å². The third kappa shape index (κ3) is 4.01. The highest BCUT2D eigenvalue weighted by Crippen LogP contribution is 2.29. The molecule has 0 aliphatic heterocycles. The van der Waals surface area contributed by atoms with Gasteiger partial charge in [-0.3, -0.25) is 0 Å². The van der Waals surface area contributed by atoms with E-state index in [1.807, 2.05) is 18.7 Å². The first-order valence-corrected chi connectivity index (χ1v) is 7.52. The number of hydrogen-bond acceptors (Lipinski definition) is 5. The number of anilines is 1. The molecule has 1 aromatic heterocycles. The molecule has 0 radical (unpaired) electrons. The zero-order valence-corrected chi connectivity index (χ0v) is 13.0. The van der Waals surface area contributed by atoms with Gasteiger partial charge < -0.3 is 4.90 Å². The zero-order valence-electron chi connectivity index (χ0n) is 11.5. The molecular weight excluding hydrogens is 318 g/mol. The van der Waals surface area contributed by atoms with Crippen molar-refractivity contribution in [3.05, 3.63) is 35.1 Å². The van der Waals surface area contributed by atoms with Gasteiger partial charge in [0, 0.05) is 13.1 Å². The Morgan fingerprint density at radius 3 is 2.52 bits per heavy atom. The van der Waals surface area contributed by atoms with E-state index in [4.69, 9.17) is 11.6 Å². The average Bonchev–Trinajstić information content (AvgIpc) is 2.44. The van der Waals surface area contributed by atoms with Crippen molar-refractivity contribution in [1.29, 1.82) is 0 Å². The van der Waals surface area contributed by atoms with Crippen LogP contribution < -0.4 is 4.90 Å². The summed E-state index contributed by atoms with van der Waals surface area (Å²) in [4.78, 5) is 14.2. The standard InChI is InChI=1S/C13H13ClF2N4S/c1-3-20(4-2)12-17-11(14)18-13(19-12)21-10-7-8(15)5-6-9(10)16/h5-7H,3-4H2,1-2H3. The van der Waals surface area contributed by atoms with Crippen LogP contribution in [0.1, 0.15) is 13.8 Å². The van der Waals surface area contributed by atoms with Gasteiger partial charge in [0.1, 0.15) is 11.6 Å². The van der Waals surface area contributed by atoms with Crippen LogP contribution in [0, 0.1) is 11.6 Å². The number of rotatable bonds is 5. The highest BCUT2D eigenvalue weighted by atomic mass is 35.5. The summed E-state index contributed by atoms with van der Waals surface area (Å²) in [6.45, 7) is 5.32. The van der Waals surface area contributed by atoms with Crippen molar-refractivity contribution >= 4 is 29.3 Å². The van der Waals surface area contributed by atoms with Crippen molar-refractivity contribution in [2.24, 2.45) is 0 Å². The lowest BCUT2D eigenvalue weighted by Gasteiger charge is -2.18. The summed E-state index contributed by atoms with van der Waals surface area (Å²) in [6.07, 6.45) is 0. The van der Waals surface area contributed by atoms with Crippen molar-refractivity contribution in [3.8, 4) is 0 Å². The van der Waals surface area contributed by atoms with Gasteiger partial charge in [-0.05, 0) is 55.4 Å². The molecule has 0 amide bonds. The molecule has 0 unspecified atom stereocenters. The maximum Gasteiger partial charge on any atom is 0.230 e. The molecule has 2 rings (SSSR count). The van der Waals surface area contributed by atoms with E-state index >= 15 is 0 Å².